The summed E-state index contributed by atoms with van der Waals surface area (Å²) in [7, 11) is 0. The molecule has 0 aromatic heterocycles. The van der Waals surface area contributed by atoms with Gasteiger partial charge in [0, 0.05) is 11.1 Å². The van der Waals surface area contributed by atoms with E-state index in [4.69, 9.17) is 0 Å². The molecule has 0 radical (unpaired) electrons. The molecule has 2 amide bonds. The SMILES string of the molecule is O=C(c1ccc(F)cc1)N1Cc2ccccc2-c2ccccc2C1=O. The fraction of sp³-hybridized carbons (Fsp3) is 0.0476. The summed E-state index contributed by atoms with van der Waals surface area (Å²) in [6.45, 7) is 0.180. The van der Waals surface area contributed by atoms with Crippen molar-refractivity contribution in [1.82, 2.24) is 4.90 Å². The Morgan fingerprint density at radius 3 is 2.12 bits per heavy atom. The average Bonchev–Trinajstić information content (AvgIpc) is 2.78. The fourth-order valence-electron chi connectivity index (χ4n) is 3.13. The van der Waals surface area contributed by atoms with Crippen LogP contribution in [0.4, 0.5) is 4.39 Å². The van der Waals surface area contributed by atoms with Crippen molar-refractivity contribution in [1.29, 1.82) is 0 Å². The Labute approximate surface area is 144 Å². The third-order valence-corrected chi connectivity index (χ3v) is 4.37. The van der Waals surface area contributed by atoms with Crippen LogP contribution in [0.3, 0.4) is 0 Å². The lowest BCUT2D eigenvalue weighted by Gasteiger charge is -2.19. The number of fused-ring (bicyclic) bond motifs is 3. The summed E-state index contributed by atoms with van der Waals surface area (Å²) in [6, 6.07) is 20.2. The van der Waals surface area contributed by atoms with Gasteiger partial charge in [-0.05, 0) is 47.0 Å². The summed E-state index contributed by atoms with van der Waals surface area (Å²) >= 11 is 0. The maximum Gasteiger partial charge on any atom is 0.261 e. The first-order valence-corrected chi connectivity index (χ1v) is 7.94. The molecule has 0 aliphatic carbocycles. The molecule has 4 heteroatoms. The Bertz CT molecular complexity index is 979. The number of amides is 2. The maximum absolute atomic E-state index is 13.1. The minimum Gasteiger partial charge on any atom is -0.270 e. The van der Waals surface area contributed by atoms with Crippen molar-refractivity contribution >= 4 is 11.8 Å². The van der Waals surface area contributed by atoms with Gasteiger partial charge >= 0.3 is 0 Å². The van der Waals surface area contributed by atoms with Crippen LogP contribution in [0.25, 0.3) is 11.1 Å². The second-order valence-corrected chi connectivity index (χ2v) is 5.91. The van der Waals surface area contributed by atoms with E-state index in [0.29, 0.717) is 5.56 Å². The molecule has 0 fully saturated rings. The minimum absolute atomic E-state index is 0.180. The highest BCUT2D eigenvalue weighted by molar-refractivity contribution is 6.13. The second kappa shape index (κ2) is 5.98. The van der Waals surface area contributed by atoms with Crippen molar-refractivity contribution in [2.45, 2.75) is 6.54 Å². The lowest BCUT2D eigenvalue weighted by Crippen LogP contribution is -2.35. The van der Waals surface area contributed by atoms with Crippen LogP contribution in [0, 0.1) is 5.82 Å². The maximum atomic E-state index is 13.1. The zero-order valence-corrected chi connectivity index (χ0v) is 13.3. The van der Waals surface area contributed by atoms with Crippen LogP contribution in [0.15, 0.2) is 72.8 Å². The molecular weight excluding hydrogens is 317 g/mol. The summed E-state index contributed by atoms with van der Waals surface area (Å²) in [5.41, 5.74) is 3.43. The Hall–Kier alpha value is -3.27. The highest BCUT2D eigenvalue weighted by Crippen LogP contribution is 2.32. The van der Waals surface area contributed by atoms with Gasteiger partial charge in [0.15, 0.2) is 0 Å². The van der Waals surface area contributed by atoms with E-state index in [-0.39, 0.29) is 18.0 Å². The average molecular weight is 331 g/mol. The monoisotopic (exact) mass is 331 g/mol. The number of carbonyl (C=O) groups excluding carboxylic acids is 2. The Balaban J connectivity index is 1.84. The molecule has 3 nitrogen and oxygen atoms in total. The van der Waals surface area contributed by atoms with E-state index in [1.54, 1.807) is 12.1 Å². The number of hydrogen-bond acceptors (Lipinski definition) is 2. The van der Waals surface area contributed by atoms with Crippen molar-refractivity contribution in [2.24, 2.45) is 0 Å². The van der Waals surface area contributed by atoms with E-state index < -0.39 is 11.7 Å². The van der Waals surface area contributed by atoms with Crippen LogP contribution in [-0.2, 0) is 6.54 Å². The van der Waals surface area contributed by atoms with Gasteiger partial charge in [0.2, 0.25) is 0 Å². The van der Waals surface area contributed by atoms with E-state index in [0.717, 1.165) is 16.7 Å². The zero-order valence-electron chi connectivity index (χ0n) is 13.3. The fourth-order valence-corrected chi connectivity index (χ4v) is 3.13. The van der Waals surface area contributed by atoms with Gasteiger partial charge in [-0.3, -0.25) is 14.5 Å². The molecular formula is C21H14FNO2. The molecule has 1 aliphatic rings. The first kappa shape index (κ1) is 15.3. The molecule has 25 heavy (non-hydrogen) atoms. The number of benzene rings is 3. The number of imide groups is 1. The van der Waals surface area contributed by atoms with Gasteiger partial charge in [0.05, 0.1) is 6.54 Å². The molecule has 4 rings (SSSR count). The molecule has 0 spiro atoms. The molecule has 3 aromatic rings. The highest BCUT2D eigenvalue weighted by Gasteiger charge is 2.30. The summed E-state index contributed by atoms with van der Waals surface area (Å²) in [6.07, 6.45) is 0. The van der Waals surface area contributed by atoms with E-state index in [1.807, 2.05) is 36.4 Å². The van der Waals surface area contributed by atoms with Crippen LogP contribution < -0.4 is 0 Å². The molecule has 0 atom stereocenters. The standard InChI is InChI=1S/C21H14FNO2/c22-16-11-9-14(10-12-16)20(24)23-13-15-5-1-2-6-17(15)18-7-3-4-8-19(18)21(23)25/h1-12H,13H2. The number of hydrogen-bond donors (Lipinski definition) is 0. The quantitative estimate of drug-likeness (QED) is 0.624. The molecule has 0 saturated heterocycles. The molecule has 1 heterocycles. The number of halogens is 1. The predicted octanol–water partition coefficient (Wildman–Crippen LogP) is 4.29. The largest absolute Gasteiger partial charge is 0.270 e. The van der Waals surface area contributed by atoms with Crippen molar-refractivity contribution in [3.8, 4) is 11.1 Å². The van der Waals surface area contributed by atoms with Crippen LogP contribution in [0.5, 0.6) is 0 Å². The summed E-state index contributed by atoms with van der Waals surface area (Å²) < 4.78 is 13.1. The zero-order chi connectivity index (χ0) is 17.4. The van der Waals surface area contributed by atoms with E-state index in [2.05, 4.69) is 0 Å². The number of nitrogens with zero attached hydrogens (tertiary/aromatic N) is 1. The minimum atomic E-state index is -0.434. The third-order valence-electron chi connectivity index (χ3n) is 4.37. The summed E-state index contributed by atoms with van der Waals surface area (Å²) in [5, 5.41) is 0. The van der Waals surface area contributed by atoms with Crippen LogP contribution >= 0.6 is 0 Å². The molecule has 3 aromatic carbocycles. The van der Waals surface area contributed by atoms with Crippen molar-refractivity contribution < 1.29 is 14.0 Å². The van der Waals surface area contributed by atoms with E-state index in [1.165, 1.54) is 29.2 Å². The summed E-state index contributed by atoms with van der Waals surface area (Å²) in [5.74, 6) is -1.20. The first-order valence-electron chi connectivity index (χ1n) is 7.94. The first-order chi connectivity index (χ1) is 12.1. The Morgan fingerprint density at radius 2 is 1.40 bits per heavy atom. The van der Waals surface area contributed by atoms with E-state index >= 15 is 0 Å². The molecule has 0 N–H and O–H groups in total. The Morgan fingerprint density at radius 1 is 0.800 bits per heavy atom. The third kappa shape index (κ3) is 2.62. The second-order valence-electron chi connectivity index (χ2n) is 5.91. The van der Waals surface area contributed by atoms with Crippen LogP contribution in [0.1, 0.15) is 26.3 Å². The Kier molecular flexibility index (Phi) is 3.65. The van der Waals surface area contributed by atoms with E-state index in [9.17, 15) is 14.0 Å². The number of rotatable bonds is 1. The molecule has 0 saturated carbocycles. The van der Waals surface area contributed by atoms with Gasteiger partial charge in [0.1, 0.15) is 5.82 Å². The van der Waals surface area contributed by atoms with Crippen molar-refractivity contribution in [2.75, 3.05) is 0 Å². The highest BCUT2D eigenvalue weighted by atomic mass is 19.1. The lowest BCUT2D eigenvalue weighted by atomic mass is 9.97. The molecule has 0 bridgehead atoms. The molecule has 122 valence electrons. The predicted molar refractivity (Wildman–Crippen MR) is 92.5 cm³/mol. The normalized spacial score (nSPS) is 13.0. The van der Waals surface area contributed by atoms with Gasteiger partial charge in [-0.1, -0.05) is 42.5 Å². The van der Waals surface area contributed by atoms with Gasteiger partial charge in [0.25, 0.3) is 11.8 Å². The van der Waals surface area contributed by atoms with Gasteiger partial charge < -0.3 is 0 Å². The van der Waals surface area contributed by atoms with Crippen molar-refractivity contribution in [3.63, 3.8) is 0 Å². The number of carbonyl (C=O) groups is 2. The van der Waals surface area contributed by atoms with Gasteiger partial charge in [-0.2, -0.15) is 0 Å². The van der Waals surface area contributed by atoms with Gasteiger partial charge in [-0.25, -0.2) is 4.39 Å². The van der Waals surface area contributed by atoms with Gasteiger partial charge in [-0.15, -0.1) is 0 Å². The molecule has 0 unspecified atom stereocenters. The summed E-state index contributed by atoms with van der Waals surface area (Å²) in [4.78, 5) is 27.1. The van der Waals surface area contributed by atoms with Crippen LogP contribution in [-0.4, -0.2) is 16.7 Å². The van der Waals surface area contributed by atoms with Crippen LogP contribution in [0.2, 0.25) is 0 Å². The lowest BCUT2D eigenvalue weighted by molar-refractivity contribution is 0.0606. The topological polar surface area (TPSA) is 37.4 Å². The molecule has 1 aliphatic heterocycles. The van der Waals surface area contributed by atoms with Crippen molar-refractivity contribution in [3.05, 3.63) is 95.3 Å². The smallest absolute Gasteiger partial charge is 0.261 e.